The summed E-state index contributed by atoms with van der Waals surface area (Å²) in [5.74, 6) is 0.555. The topological polar surface area (TPSA) is 47.9 Å². The maximum absolute atomic E-state index is 9.82. The second-order valence-electron chi connectivity index (χ2n) is 6.93. The Kier molecular flexibility index (Phi) is 8.12. The lowest BCUT2D eigenvalue weighted by molar-refractivity contribution is -0.0939. The summed E-state index contributed by atoms with van der Waals surface area (Å²) in [5.41, 5.74) is 1.32. The highest BCUT2D eigenvalue weighted by molar-refractivity contribution is 8.21. The van der Waals surface area contributed by atoms with Crippen LogP contribution in [-0.2, 0) is 20.4 Å². The van der Waals surface area contributed by atoms with Crippen LogP contribution in [0.25, 0.3) is 0 Å². The van der Waals surface area contributed by atoms with E-state index in [1.54, 1.807) is 7.11 Å². The van der Waals surface area contributed by atoms with Gasteiger partial charge in [-0.2, -0.15) is 0 Å². The summed E-state index contributed by atoms with van der Waals surface area (Å²) < 4.78 is 17.3. The molecule has 140 valence electrons. The standard InChI is InChI=1S/C19H27BO4P2/c1-22-14(8-7-13-5-3-2-4-6-13)9-10-15-16-11-19(21)23-17(16)12-18(15)24-26-25-20/h2-6,9-10,14-19,21,25-26H,7-8,11-12H2,1H3/b10-9+/t14-,15+,16+,17?,18+,19-/m0/s1. The fraction of sp³-hybridized carbons (Fsp3) is 0.579. The number of methoxy groups -OCH3 is 1. The Morgan fingerprint density at radius 1 is 1.35 bits per heavy atom. The average molecular weight is 392 g/mol. The summed E-state index contributed by atoms with van der Waals surface area (Å²) in [6, 6.07) is 10.5. The van der Waals surface area contributed by atoms with Gasteiger partial charge in [-0.05, 0) is 24.3 Å². The van der Waals surface area contributed by atoms with Crippen LogP contribution in [0.5, 0.6) is 0 Å². The van der Waals surface area contributed by atoms with Crippen LogP contribution in [0, 0.1) is 11.8 Å². The fourth-order valence-electron chi connectivity index (χ4n) is 4.04. The maximum Gasteiger partial charge on any atom is 0.155 e. The minimum Gasteiger partial charge on any atom is -0.377 e. The zero-order chi connectivity index (χ0) is 18.4. The lowest BCUT2D eigenvalue weighted by Crippen LogP contribution is -2.20. The van der Waals surface area contributed by atoms with Gasteiger partial charge in [0.15, 0.2) is 6.29 Å². The van der Waals surface area contributed by atoms with Gasteiger partial charge in [0.2, 0.25) is 0 Å². The van der Waals surface area contributed by atoms with E-state index in [9.17, 15) is 5.11 Å². The van der Waals surface area contributed by atoms with E-state index in [0.29, 0.717) is 29.0 Å². The molecule has 1 saturated carbocycles. The van der Waals surface area contributed by atoms with Crippen LogP contribution in [0.1, 0.15) is 24.8 Å². The highest BCUT2D eigenvalue weighted by Crippen LogP contribution is 2.48. The molecule has 1 aliphatic heterocycles. The molecule has 4 nitrogen and oxygen atoms in total. The molecular weight excluding hydrogens is 365 g/mol. The fourth-order valence-corrected chi connectivity index (χ4v) is 5.17. The Hall–Kier alpha value is -0.275. The number of aryl methyl sites for hydroxylation is 1. The van der Waals surface area contributed by atoms with Crippen molar-refractivity contribution in [1.29, 1.82) is 0 Å². The van der Waals surface area contributed by atoms with Gasteiger partial charge in [-0.3, -0.25) is 0 Å². The summed E-state index contributed by atoms with van der Waals surface area (Å²) in [4.78, 5) is 0. The van der Waals surface area contributed by atoms with Crippen molar-refractivity contribution >= 4 is 24.2 Å². The second-order valence-corrected chi connectivity index (χ2v) is 9.13. The SMILES string of the molecule is [B]PPO[C@@H]1CC2O[C@H](O)C[C@@H]2[C@H]1/C=C/[C@H](CCc1ccccc1)OC. The van der Waals surface area contributed by atoms with Crippen molar-refractivity contribution in [3.05, 3.63) is 48.0 Å². The molecule has 3 unspecified atom stereocenters. The van der Waals surface area contributed by atoms with Gasteiger partial charge in [0, 0.05) is 34.4 Å². The minimum atomic E-state index is -0.642. The molecule has 0 amide bonds. The zero-order valence-electron chi connectivity index (χ0n) is 15.1. The van der Waals surface area contributed by atoms with Crippen LogP contribution in [0.4, 0.5) is 0 Å². The molecule has 1 saturated heterocycles. The molecule has 1 aliphatic carbocycles. The van der Waals surface area contributed by atoms with Gasteiger partial charge >= 0.3 is 0 Å². The first-order valence-corrected chi connectivity index (χ1v) is 12.1. The number of fused-ring (bicyclic) bond motifs is 1. The predicted molar refractivity (Wildman–Crippen MR) is 109 cm³/mol. The Balaban J connectivity index is 1.60. The molecular formula is C19H27BO4P2. The van der Waals surface area contributed by atoms with Crippen LogP contribution < -0.4 is 0 Å². The van der Waals surface area contributed by atoms with Crippen LogP contribution >= 0.6 is 16.6 Å². The lowest BCUT2D eigenvalue weighted by atomic mass is 9.91. The molecule has 26 heavy (non-hydrogen) atoms. The second kappa shape index (κ2) is 10.3. The van der Waals surface area contributed by atoms with Gasteiger partial charge in [-0.25, -0.2) is 0 Å². The van der Waals surface area contributed by atoms with E-state index in [1.165, 1.54) is 5.56 Å². The third-order valence-electron chi connectivity index (χ3n) is 5.35. The van der Waals surface area contributed by atoms with Gasteiger partial charge < -0.3 is 19.1 Å². The average Bonchev–Trinajstić information content (AvgIpc) is 3.17. The first kappa shape index (κ1) is 20.5. The summed E-state index contributed by atoms with van der Waals surface area (Å²) in [7, 11) is 8.05. The molecule has 2 fully saturated rings. The minimum absolute atomic E-state index is 0.0704. The summed E-state index contributed by atoms with van der Waals surface area (Å²) >= 11 is 0. The van der Waals surface area contributed by atoms with Crippen LogP contribution in [0.3, 0.4) is 0 Å². The molecule has 7 heteroatoms. The number of hydrogen-bond acceptors (Lipinski definition) is 4. The Morgan fingerprint density at radius 3 is 2.88 bits per heavy atom. The van der Waals surface area contributed by atoms with E-state index in [4.69, 9.17) is 21.6 Å². The van der Waals surface area contributed by atoms with Crippen LogP contribution in [0.15, 0.2) is 42.5 Å². The van der Waals surface area contributed by atoms with E-state index in [2.05, 4.69) is 36.4 Å². The Morgan fingerprint density at radius 2 is 2.15 bits per heavy atom. The van der Waals surface area contributed by atoms with Crippen molar-refractivity contribution in [2.24, 2.45) is 11.8 Å². The van der Waals surface area contributed by atoms with Crippen molar-refractivity contribution in [2.75, 3.05) is 7.11 Å². The summed E-state index contributed by atoms with van der Waals surface area (Å²) in [6.07, 6.45) is 7.44. The molecule has 2 radical (unpaired) electrons. The Bertz CT molecular complexity index is 574. The third kappa shape index (κ3) is 5.38. The molecule has 2 aliphatic rings. The molecule has 0 bridgehead atoms. The van der Waals surface area contributed by atoms with E-state index in [0.717, 1.165) is 19.3 Å². The van der Waals surface area contributed by atoms with Crippen LogP contribution in [0.2, 0.25) is 0 Å². The molecule has 1 aromatic carbocycles. The molecule has 3 rings (SSSR count). The molecule has 8 atom stereocenters. The normalized spacial score (nSPS) is 33.1. The smallest absolute Gasteiger partial charge is 0.155 e. The van der Waals surface area contributed by atoms with Crippen molar-refractivity contribution in [1.82, 2.24) is 0 Å². The lowest BCUT2D eigenvalue weighted by Gasteiger charge is -2.21. The number of benzene rings is 1. The van der Waals surface area contributed by atoms with E-state index >= 15 is 0 Å². The van der Waals surface area contributed by atoms with Crippen molar-refractivity contribution in [2.45, 2.75) is 50.3 Å². The molecule has 0 spiro atoms. The van der Waals surface area contributed by atoms with Gasteiger partial charge in [-0.15, -0.1) is 8.15 Å². The highest BCUT2D eigenvalue weighted by atomic mass is 32.0. The van der Waals surface area contributed by atoms with Crippen molar-refractivity contribution in [3.63, 3.8) is 0 Å². The quantitative estimate of drug-likeness (QED) is 0.397. The summed E-state index contributed by atoms with van der Waals surface area (Å²) in [5, 5.41) is 9.82. The number of aliphatic hydroxyl groups excluding tert-OH is 1. The Labute approximate surface area is 161 Å². The number of aliphatic hydroxyl groups is 1. The summed E-state index contributed by atoms with van der Waals surface area (Å²) in [6.45, 7) is 0. The first-order valence-electron chi connectivity index (χ1n) is 9.16. The molecule has 1 aromatic rings. The predicted octanol–water partition coefficient (Wildman–Crippen LogP) is 3.59. The van der Waals surface area contributed by atoms with Gasteiger partial charge in [0.05, 0.1) is 18.3 Å². The first-order chi connectivity index (χ1) is 12.7. The number of rotatable bonds is 9. The van der Waals surface area contributed by atoms with Gasteiger partial charge in [0.1, 0.15) is 7.57 Å². The number of hydrogen-bond donors (Lipinski definition) is 1. The van der Waals surface area contributed by atoms with E-state index < -0.39 is 6.29 Å². The van der Waals surface area contributed by atoms with Gasteiger partial charge in [0.25, 0.3) is 0 Å². The monoisotopic (exact) mass is 392 g/mol. The zero-order valence-corrected chi connectivity index (χ0v) is 17.1. The molecule has 1 N–H and O–H groups in total. The van der Waals surface area contributed by atoms with E-state index in [-0.39, 0.29) is 24.2 Å². The molecule has 0 aromatic heterocycles. The largest absolute Gasteiger partial charge is 0.377 e. The van der Waals surface area contributed by atoms with Gasteiger partial charge in [-0.1, -0.05) is 42.5 Å². The molecule has 1 heterocycles. The van der Waals surface area contributed by atoms with Crippen molar-refractivity contribution in [3.8, 4) is 0 Å². The van der Waals surface area contributed by atoms with E-state index in [1.807, 2.05) is 6.07 Å². The highest BCUT2D eigenvalue weighted by Gasteiger charge is 2.48. The third-order valence-corrected chi connectivity index (χ3v) is 6.60. The van der Waals surface area contributed by atoms with Crippen LogP contribution in [-0.4, -0.2) is 44.4 Å². The maximum atomic E-state index is 9.82. The number of ether oxygens (including phenoxy) is 2. The van der Waals surface area contributed by atoms with Crippen molar-refractivity contribution < 1.29 is 19.1 Å².